The van der Waals surface area contributed by atoms with Gasteiger partial charge < -0.3 is 9.88 Å². The Bertz CT molecular complexity index is 941. The fourth-order valence-corrected chi connectivity index (χ4v) is 3.72. The predicted octanol–water partition coefficient (Wildman–Crippen LogP) is 3.41. The van der Waals surface area contributed by atoms with Crippen LogP contribution in [0.5, 0.6) is 0 Å². The largest absolute Gasteiger partial charge is 0.369 e. The van der Waals surface area contributed by atoms with Crippen molar-refractivity contribution in [2.75, 3.05) is 31.1 Å². The maximum Gasteiger partial charge on any atom is 0.251 e. The first-order valence-electron chi connectivity index (χ1n) is 9.40. The molecule has 4 heteroatoms. The van der Waals surface area contributed by atoms with Crippen LogP contribution in [0.1, 0.15) is 18.1 Å². The van der Waals surface area contributed by atoms with Gasteiger partial charge in [-0.15, -0.1) is 0 Å². The first-order valence-corrected chi connectivity index (χ1v) is 9.40. The minimum atomic E-state index is 0.0358. The third-order valence-corrected chi connectivity index (χ3v) is 5.27. The lowest BCUT2D eigenvalue weighted by Crippen LogP contribution is -2.45. The van der Waals surface area contributed by atoms with Gasteiger partial charge in [0.15, 0.2) is 0 Å². The molecule has 4 nitrogen and oxygen atoms in total. The molecular weight excluding hydrogens is 322 g/mol. The second-order valence-electron chi connectivity index (χ2n) is 7.00. The molecule has 26 heavy (non-hydrogen) atoms. The minimum Gasteiger partial charge on any atom is -0.369 e. The molecule has 1 aromatic heterocycles. The van der Waals surface area contributed by atoms with Crippen LogP contribution in [0.4, 0.5) is 5.69 Å². The first kappa shape index (κ1) is 16.9. The van der Waals surface area contributed by atoms with Gasteiger partial charge in [0.05, 0.1) is 0 Å². The van der Waals surface area contributed by atoms with E-state index in [-0.39, 0.29) is 5.56 Å². The Morgan fingerprint density at radius 3 is 2.46 bits per heavy atom. The number of pyridine rings is 1. The van der Waals surface area contributed by atoms with E-state index in [0.717, 1.165) is 55.6 Å². The molecule has 0 unspecified atom stereocenters. The van der Waals surface area contributed by atoms with E-state index in [4.69, 9.17) is 0 Å². The van der Waals surface area contributed by atoms with Crippen LogP contribution in [-0.4, -0.2) is 36.1 Å². The SMILES string of the molecule is CCc1cc2ccc(CN3CCN(c4ccccc4)CC3)cc2[nH]c1=O. The quantitative estimate of drug-likeness (QED) is 0.786. The van der Waals surface area contributed by atoms with Crippen molar-refractivity contribution in [2.45, 2.75) is 19.9 Å². The van der Waals surface area contributed by atoms with Crippen LogP contribution in [0.2, 0.25) is 0 Å². The first-order chi connectivity index (χ1) is 12.7. The number of hydrogen-bond donors (Lipinski definition) is 1. The van der Waals surface area contributed by atoms with Crippen molar-refractivity contribution < 1.29 is 0 Å². The van der Waals surface area contributed by atoms with Crippen LogP contribution in [0.25, 0.3) is 10.9 Å². The third-order valence-electron chi connectivity index (χ3n) is 5.27. The van der Waals surface area contributed by atoms with Gasteiger partial charge in [-0.2, -0.15) is 0 Å². The number of nitrogens with one attached hydrogen (secondary N) is 1. The van der Waals surface area contributed by atoms with Gasteiger partial charge in [0, 0.05) is 49.5 Å². The number of para-hydroxylation sites is 1. The zero-order valence-electron chi connectivity index (χ0n) is 15.2. The molecule has 2 aromatic carbocycles. The molecule has 0 amide bonds. The molecule has 1 aliphatic rings. The van der Waals surface area contributed by atoms with Crippen molar-refractivity contribution in [1.82, 2.24) is 9.88 Å². The summed E-state index contributed by atoms with van der Waals surface area (Å²) in [5.74, 6) is 0. The molecule has 0 radical (unpaired) electrons. The normalized spacial score (nSPS) is 15.5. The average molecular weight is 347 g/mol. The highest BCUT2D eigenvalue weighted by Gasteiger charge is 2.17. The lowest BCUT2D eigenvalue weighted by atomic mass is 10.1. The number of piperazine rings is 1. The van der Waals surface area contributed by atoms with Gasteiger partial charge in [0.2, 0.25) is 0 Å². The number of aryl methyl sites for hydroxylation is 1. The predicted molar refractivity (Wildman–Crippen MR) is 108 cm³/mol. The van der Waals surface area contributed by atoms with E-state index in [1.54, 1.807) is 0 Å². The molecule has 1 saturated heterocycles. The van der Waals surface area contributed by atoms with Gasteiger partial charge in [0.25, 0.3) is 5.56 Å². The molecule has 0 aliphatic carbocycles. The van der Waals surface area contributed by atoms with Gasteiger partial charge in [-0.25, -0.2) is 0 Å². The number of aromatic nitrogens is 1. The molecule has 0 atom stereocenters. The molecule has 2 heterocycles. The fraction of sp³-hybridized carbons (Fsp3) is 0.318. The number of rotatable bonds is 4. The molecule has 3 aromatic rings. The molecular formula is C22H25N3O. The standard InChI is InChI=1S/C22H25N3O/c1-2-18-15-19-9-8-17(14-21(19)23-22(18)26)16-24-10-12-25(13-11-24)20-6-4-3-5-7-20/h3-9,14-15H,2,10-13,16H2,1H3,(H,23,26). The molecule has 0 saturated carbocycles. The third kappa shape index (κ3) is 3.51. The monoisotopic (exact) mass is 347 g/mol. The highest BCUT2D eigenvalue weighted by molar-refractivity contribution is 5.79. The molecule has 0 bridgehead atoms. The van der Waals surface area contributed by atoms with Crippen molar-refractivity contribution in [3.63, 3.8) is 0 Å². The molecule has 1 fully saturated rings. The Kier molecular flexibility index (Phi) is 4.76. The van der Waals surface area contributed by atoms with Crippen LogP contribution in [0.15, 0.2) is 59.4 Å². The lowest BCUT2D eigenvalue weighted by molar-refractivity contribution is 0.250. The van der Waals surface area contributed by atoms with E-state index >= 15 is 0 Å². The number of H-pyrrole nitrogens is 1. The summed E-state index contributed by atoms with van der Waals surface area (Å²) in [5, 5.41) is 1.11. The van der Waals surface area contributed by atoms with Gasteiger partial charge in [0.1, 0.15) is 0 Å². The van der Waals surface area contributed by atoms with Gasteiger partial charge in [-0.05, 0) is 41.6 Å². The Labute approximate surface area is 154 Å². The summed E-state index contributed by atoms with van der Waals surface area (Å²) in [5.41, 5.74) is 4.39. The summed E-state index contributed by atoms with van der Waals surface area (Å²) < 4.78 is 0. The van der Waals surface area contributed by atoms with E-state index in [1.165, 1.54) is 11.3 Å². The second-order valence-corrected chi connectivity index (χ2v) is 7.00. The van der Waals surface area contributed by atoms with Gasteiger partial charge in [-0.1, -0.05) is 37.3 Å². The zero-order chi connectivity index (χ0) is 17.9. The van der Waals surface area contributed by atoms with Crippen molar-refractivity contribution in [3.8, 4) is 0 Å². The van der Waals surface area contributed by atoms with Crippen molar-refractivity contribution in [3.05, 3.63) is 76.1 Å². The van der Waals surface area contributed by atoms with Crippen LogP contribution in [0.3, 0.4) is 0 Å². The van der Waals surface area contributed by atoms with Crippen LogP contribution >= 0.6 is 0 Å². The van der Waals surface area contributed by atoms with Crippen LogP contribution < -0.4 is 10.5 Å². The summed E-state index contributed by atoms with van der Waals surface area (Å²) in [7, 11) is 0. The summed E-state index contributed by atoms with van der Waals surface area (Å²) in [6.07, 6.45) is 0.763. The minimum absolute atomic E-state index is 0.0358. The number of hydrogen-bond acceptors (Lipinski definition) is 3. The maximum atomic E-state index is 12.1. The van der Waals surface area contributed by atoms with Gasteiger partial charge >= 0.3 is 0 Å². The lowest BCUT2D eigenvalue weighted by Gasteiger charge is -2.36. The number of benzene rings is 2. The highest BCUT2D eigenvalue weighted by Crippen LogP contribution is 2.19. The van der Waals surface area contributed by atoms with E-state index in [2.05, 4.69) is 63.3 Å². The molecule has 1 aliphatic heterocycles. The molecule has 4 rings (SSSR count). The fourth-order valence-electron chi connectivity index (χ4n) is 3.72. The number of anilines is 1. The number of aromatic amines is 1. The van der Waals surface area contributed by atoms with E-state index in [9.17, 15) is 4.79 Å². The van der Waals surface area contributed by atoms with Crippen molar-refractivity contribution in [1.29, 1.82) is 0 Å². The second kappa shape index (κ2) is 7.34. The Morgan fingerprint density at radius 1 is 0.962 bits per heavy atom. The van der Waals surface area contributed by atoms with Crippen molar-refractivity contribution in [2.24, 2.45) is 0 Å². The van der Waals surface area contributed by atoms with Gasteiger partial charge in [-0.3, -0.25) is 9.69 Å². The van der Waals surface area contributed by atoms with Crippen LogP contribution in [-0.2, 0) is 13.0 Å². The number of nitrogens with zero attached hydrogens (tertiary/aromatic N) is 2. The highest BCUT2D eigenvalue weighted by atomic mass is 16.1. The van der Waals surface area contributed by atoms with E-state index in [0.29, 0.717) is 0 Å². The topological polar surface area (TPSA) is 39.3 Å². The van der Waals surface area contributed by atoms with E-state index in [1.807, 2.05) is 13.0 Å². The van der Waals surface area contributed by atoms with Crippen LogP contribution in [0, 0.1) is 0 Å². The smallest absolute Gasteiger partial charge is 0.251 e. The summed E-state index contributed by atoms with van der Waals surface area (Å²) in [4.78, 5) is 20.0. The summed E-state index contributed by atoms with van der Waals surface area (Å²) in [6, 6.07) is 19.1. The molecule has 134 valence electrons. The van der Waals surface area contributed by atoms with E-state index < -0.39 is 0 Å². The molecule has 1 N–H and O–H groups in total. The Hall–Kier alpha value is -2.59. The maximum absolute atomic E-state index is 12.1. The molecule has 0 spiro atoms. The summed E-state index contributed by atoms with van der Waals surface area (Å²) in [6.45, 7) is 7.15. The van der Waals surface area contributed by atoms with Crippen molar-refractivity contribution >= 4 is 16.6 Å². The number of fused-ring (bicyclic) bond motifs is 1. The Morgan fingerprint density at radius 2 is 1.73 bits per heavy atom. The zero-order valence-corrected chi connectivity index (χ0v) is 15.2. The summed E-state index contributed by atoms with van der Waals surface area (Å²) >= 11 is 0. The average Bonchev–Trinajstić information content (AvgIpc) is 2.69. The Balaban J connectivity index is 1.44.